The Morgan fingerprint density at radius 2 is 1.71 bits per heavy atom. The maximum atomic E-state index is 13.9. The van der Waals surface area contributed by atoms with E-state index in [9.17, 15) is 4.79 Å². The van der Waals surface area contributed by atoms with E-state index in [-0.39, 0.29) is 11.9 Å². The fourth-order valence-corrected chi connectivity index (χ4v) is 4.94. The Bertz CT molecular complexity index is 1070. The van der Waals surface area contributed by atoms with E-state index in [0.29, 0.717) is 33.1 Å². The third kappa shape index (κ3) is 4.62. The van der Waals surface area contributed by atoms with Crippen molar-refractivity contribution in [1.82, 2.24) is 9.55 Å². The second kappa shape index (κ2) is 9.64. The fraction of sp³-hybridized carbons (Fsp3) is 0.333. The van der Waals surface area contributed by atoms with Crippen molar-refractivity contribution in [2.45, 2.75) is 51.6 Å². The van der Waals surface area contributed by atoms with Gasteiger partial charge in [-0.15, -0.1) is 0 Å². The smallest absolute Gasteiger partial charge is 0.294 e. The molecule has 1 aliphatic carbocycles. The lowest BCUT2D eigenvalue weighted by Gasteiger charge is -2.35. The molecule has 0 aliphatic heterocycles. The molecule has 1 fully saturated rings. The molecule has 4 rings (SSSR count). The standard InChI is InChI=1S/C24H24Cl3N3O/c1-2-29-22(16-8-10-17(25)11-9-16)15-28-23(29)24(31)30(19-6-4-3-5-7-19)21-13-12-18(26)14-20(21)27/h8-15,19H,2-7H2,1H3. The maximum absolute atomic E-state index is 13.9. The van der Waals surface area contributed by atoms with Gasteiger partial charge < -0.3 is 9.47 Å². The minimum Gasteiger partial charge on any atom is -0.320 e. The Kier molecular flexibility index (Phi) is 6.90. The summed E-state index contributed by atoms with van der Waals surface area (Å²) < 4.78 is 1.95. The van der Waals surface area contributed by atoms with Crippen molar-refractivity contribution in [3.8, 4) is 11.3 Å². The number of rotatable bonds is 5. The lowest BCUT2D eigenvalue weighted by Crippen LogP contribution is -2.43. The van der Waals surface area contributed by atoms with E-state index >= 15 is 0 Å². The number of hydrogen-bond donors (Lipinski definition) is 0. The predicted molar refractivity (Wildman–Crippen MR) is 128 cm³/mol. The average Bonchev–Trinajstić information content (AvgIpc) is 3.21. The number of carbonyl (C=O) groups is 1. The van der Waals surface area contributed by atoms with E-state index in [0.717, 1.165) is 36.9 Å². The number of benzene rings is 2. The van der Waals surface area contributed by atoms with E-state index < -0.39 is 0 Å². The molecule has 1 heterocycles. The molecule has 3 aromatic rings. The molecule has 1 aromatic heterocycles. The van der Waals surface area contributed by atoms with Crippen LogP contribution in [0.3, 0.4) is 0 Å². The summed E-state index contributed by atoms with van der Waals surface area (Å²) in [5.74, 6) is 0.266. The van der Waals surface area contributed by atoms with Crippen molar-refractivity contribution in [2.24, 2.45) is 0 Å². The normalized spacial score (nSPS) is 14.6. The van der Waals surface area contributed by atoms with E-state index in [1.807, 2.05) is 46.7 Å². The van der Waals surface area contributed by atoms with Gasteiger partial charge >= 0.3 is 0 Å². The topological polar surface area (TPSA) is 38.1 Å². The molecule has 4 nitrogen and oxygen atoms in total. The number of aromatic nitrogens is 2. The highest BCUT2D eigenvalue weighted by Gasteiger charge is 2.32. The quantitative estimate of drug-likeness (QED) is 0.382. The first-order valence-electron chi connectivity index (χ1n) is 10.6. The van der Waals surface area contributed by atoms with Crippen LogP contribution in [0.5, 0.6) is 0 Å². The van der Waals surface area contributed by atoms with Gasteiger partial charge in [-0.25, -0.2) is 4.98 Å². The molecule has 1 amide bonds. The Morgan fingerprint density at radius 1 is 1.03 bits per heavy atom. The molecule has 0 N–H and O–H groups in total. The van der Waals surface area contributed by atoms with Gasteiger partial charge in [0.25, 0.3) is 5.91 Å². The van der Waals surface area contributed by atoms with Crippen molar-refractivity contribution >= 4 is 46.4 Å². The first kappa shape index (κ1) is 22.2. The molecular weight excluding hydrogens is 453 g/mol. The minimum absolute atomic E-state index is 0.0842. The molecule has 31 heavy (non-hydrogen) atoms. The summed E-state index contributed by atoms with van der Waals surface area (Å²) in [6.45, 7) is 2.63. The molecule has 0 bridgehead atoms. The van der Waals surface area contributed by atoms with E-state index in [1.165, 1.54) is 6.42 Å². The molecule has 7 heteroatoms. The minimum atomic E-state index is -0.141. The Labute approximate surface area is 197 Å². The highest BCUT2D eigenvalue weighted by Crippen LogP contribution is 2.35. The maximum Gasteiger partial charge on any atom is 0.294 e. The van der Waals surface area contributed by atoms with Gasteiger partial charge in [0.15, 0.2) is 5.82 Å². The first-order valence-corrected chi connectivity index (χ1v) is 11.7. The summed E-state index contributed by atoms with van der Waals surface area (Å²) in [4.78, 5) is 20.3. The van der Waals surface area contributed by atoms with E-state index in [1.54, 1.807) is 18.3 Å². The number of amides is 1. The van der Waals surface area contributed by atoms with Crippen molar-refractivity contribution in [3.63, 3.8) is 0 Å². The summed E-state index contributed by atoms with van der Waals surface area (Å²) in [5, 5.41) is 1.69. The molecule has 1 saturated carbocycles. The zero-order valence-corrected chi connectivity index (χ0v) is 19.6. The van der Waals surface area contributed by atoms with E-state index in [2.05, 4.69) is 4.98 Å². The van der Waals surface area contributed by atoms with Crippen molar-refractivity contribution in [3.05, 3.63) is 69.6 Å². The highest BCUT2D eigenvalue weighted by molar-refractivity contribution is 6.37. The van der Waals surface area contributed by atoms with Crippen LogP contribution in [0.2, 0.25) is 15.1 Å². The van der Waals surface area contributed by atoms with Gasteiger partial charge in [0, 0.05) is 22.6 Å². The van der Waals surface area contributed by atoms with Crippen molar-refractivity contribution in [1.29, 1.82) is 0 Å². The van der Waals surface area contributed by atoms with Gasteiger partial charge in [-0.05, 0) is 55.7 Å². The Morgan fingerprint density at radius 3 is 2.35 bits per heavy atom. The third-order valence-electron chi connectivity index (χ3n) is 5.83. The number of nitrogens with zero attached hydrogens (tertiary/aromatic N) is 3. The predicted octanol–water partition coefficient (Wildman–Crippen LogP) is 7.51. The largest absolute Gasteiger partial charge is 0.320 e. The van der Waals surface area contributed by atoms with Crippen LogP contribution in [0.25, 0.3) is 11.3 Å². The number of imidazole rings is 1. The second-order valence-corrected chi connectivity index (χ2v) is 9.06. The molecular formula is C24H24Cl3N3O. The third-order valence-corrected chi connectivity index (χ3v) is 6.62. The Balaban J connectivity index is 1.77. The van der Waals surface area contributed by atoms with Crippen LogP contribution < -0.4 is 4.90 Å². The molecule has 1 aliphatic rings. The summed E-state index contributed by atoms with van der Waals surface area (Å²) in [6, 6.07) is 12.9. The van der Waals surface area contributed by atoms with Gasteiger partial charge in [-0.2, -0.15) is 0 Å². The van der Waals surface area contributed by atoms with Crippen LogP contribution in [0.4, 0.5) is 5.69 Å². The van der Waals surface area contributed by atoms with Gasteiger partial charge in [0.1, 0.15) is 0 Å². The lowest BCUT2D eigenvalue weighted by atomic mass is 9.93. The molecule has 162 valence electrons. The van der Waals surface area contributed by atoms with Crippen molar-refractivity contribution in [2.75, 3.05) is 4.90 Å². The highest BCUT2D eigenvalue weighted by atomic mass is 35.5. The summed E-state index contributed by atoms with van der Waals surface area (Å²) in [6.07, 6.45) is 7.03. The zero-order valence-electron chi connectivity index (χ0n) is 17.3. The number of halogens is 3. The van der Waals surface area contributed by atoms with Gasteiger partial charge in [0.05, 0.1) is 22.6 Å². The zero-order chi connectivity index (χ0) is 22.0. The van der Waals surface area contributed by atoms with Gasteiger partial charge in [-0.1, -0.05) is 66.2 Å². The summed E-state index contributed by atoms with van der Waals surface area (Å²) in [5.41, 5.74) is 2.53. The molecule has 0 unspecified atom stereocenters. The molecule has 2 aromatic carbocycles. The molecule has 0 saturated heterocycles. The van der Waals surface area contributed by atoms with E-state index in [4.69, 9.17) is 34.8 Å². The summed E-state index contributed by atoms with van der Waals surface area (Å²) >= 11 is 18.7. The average molecular weight is 477 g/mol. The van der Waals surface area contributed by atoms with Crippen LogP contribution in [0.1, 0.15) is 49.6 Å². The number of hydrogen-bond acceptors (Lipinski definition) is 2. The van der Waals surface area contributed by atoms with Gasteiger partial charge in [-0.3, -0.25) is 4.79 Å². The molecule has 0 atom stereocenters. The SMILES string of the molecule is CCn1c(-c2ccc(Cl)cc2)cnc1C(=O)N(c1ccc(Cl)cc1Cl)C1CCCCC1. The summed E-state index contributed by atoms with van der Waals surface area (Å²) in [7, 11) is 0. The number of carbonyl (C=O) groups excluding carboxylic acids is 1. The number of anilines is 1. The molecule has 0 spiro atoms. The van der Waals surface area contributed by atoms with Crippen LogP contribution in [0, 0.1) is 0 Å². The second-order valence-electron chi connectivity index (χ2n) is 7.78. The molecule has 0 radical (unpaired) electrons. The Hall–Kier alpha value is -2.01. The monoisotopic (exact) mass is 475 g/mol. The van der Waals surface area contributed by atoms with Gasteiger partial charge in [0.2, 0.25) is 0 Å². The first-order chi connectivity index (χ1) is 15.0. The fourth-order valence-electron chi connectivity index (χ4n) is 4.31. The van der Waals surface area contributed by atoms with Crippen LogP contribution in [-0.2, 0) is 6.54 Å². The lowest BCUT2D eigenvalue weighted by molar-refractivity contribution is 0.0956. The van der Waals surface area contributed by atoms with Crippen molar-refractivity contribution < 1.29 is 4.79 Å². The van der Waals surface area contributed by atoms with Crippen LogP contribution in [-0.4, -0.2) is 21.5 Å². The van der Waals surface area contributed by atoms with Crippen LogP contribution in [0.15, 0.2) is 48.7 Å². The van der Waals surface area contributed by atoms with Crippen LogP contribution >= 0.6 is 34.8 Å².